The maximum absolute atomic E-state index is 12.5. The number of hydrogen-bond donors (Lipinski definition) is 1. The van der Waals surface area contributed by atoms with Gasteiger partial charge in [0.15, 0.2) is 0 Å². The van der Waals surface area contributed by atoms with Gasteiger partial charge in [0.1, 0.15) is 11.5 Å². The number of rotatable bonds is 10. The van der Waals surface area contributed by atoms with Crippen LogP contribution in [0.4, 0.5) is 0 Å². The van der Waals surface area contributed by atoms with Gasteiger partial charge in [-0.25, -0.2) is 0 Å². The van der Waals surface area contributed by atoms with E-state index in [9.17, 15) is 4.79 Å². The fourth-order valence-corrected chi connectivity index (χ4v) is 3.29. The van der Waals surface area contributed by atoms with Gasteiger partial charge in [-0.15, -0.1) is 0 Å². The van der Waals surface area contributed by atoms with Gasteiger partial charge in [-0.3, -0.25) is 9.69 Å². The molecule has 3 rings (SSSR count). The monoisotopic (exact) mass is 398 g/mol. The molecule has 1 atom stereocenters. The Bertz CT molecular complexity index is 730. The molecule has 6 nitrogen and oxygen atoms in total. The summed E-state index contributed by atoms with van der Waals surface area (Å²) in [4.78, 5) is 14.9. The number of benzene rings is 2. The minimum absolute atomic E-state index is 0.0157. The van der Waals surface area contributed by atoms with Crippen LogP contribution < -0.4 is 14.8 Å². The molecular formula is C23H30N2O4. The quantitative estimate of drug-likeness (QED) is 0.667. The van der Waals surface area contributed by atoms with E-state index in [1.807, 2.05) is 49.4 Å². The van der Waals surface area contributed by atoms with Crippen LogP contribution in [0.2, 0.25) is 0 Å². The van der Waals surface area contributed by atoms with Gasteiger partial charge in [-0.2, -0.15) is 0 Å². The Balaban J connectivity index is 1.49. The molecular weight excluding hydrogens is 368 g/mol. The molecule has 1 N–H and O–H groups in total. The molecule has 1 aliphatic heterocycles. The van der Waals surface area contributed by atoms with Crippen LogP contribution >= 0.6 is 0 Å². The smallest absolute Gasteiger partial charge is 0.223 e. The van der Waals surface area contributed by atoms with E-state index in [0.29, 0.717) is 19.6 Å². The zero-order valence-corrected chi connectivity index (χ0v) is 17.0. The van der Waals surface area contributed by atoms with Crippen molar-refractivity contribution in [3.05, 3.63) is 60.2 Å². The zero-order valence-electron chi connectivity index (χ0n) is 17.0. The summed E-state index contributed by atoms with van der Waals surface area (Å²) < 4.78 is 16.6. The predicted octanol–water partition coefficient (Wildman–Crippen LogP) is 3.04. The molecule has 0 spiro atoms. The predicted molar refractivity (Wildman–Crippen MR) is 112 cm³/mol. The van der Waals surface area contributed by atoms with E-state index in [1.54, 1.807) is 0 Å². The van der Waals surface area contributed by atoms with Gasteiger partial charge in [0.25, 0.3) is 0 Å². The third-order valence-corrected chi connectivity index (χ3v) is 4.81. The van der Waals surface area contributed by atoms with Crippen LogP contribution in [0.1, 0.15) is 24.9 Å². The lowest BCUT2D eigenvalue weighted by Crippen LogP contribution is -2.43. The first-order valence-corrected chi connectivity index (χ1v) is 10.2. The van der Waals surface area contributed by atoms with Gasteiger partial charge in [0.05, 0.1) is 38.9 Å². The van der Waals surface area contributed by atoms with Crippen molar-refractivity contribution in [1.29, 1.82) is 0 Å². The molecule has 0 unspecified atom stereocenters. The van der Waals surface area contributed by atoms with Crippen molar-refractivity contribution in [2.45, 2.75) is 19.4 Å². The van der Waals surface area contributed by atoms with Gasteiger partial charge in [0.2, 0.25) is 5.91 Å². The van der Waals surface area contributed by atoms with Crippen LogP contribution in [0, 0.1) is 0 Å². The third kappa shape index (κ3) is 7.07. The van der Waals surface area contributed by atoms with Gasteiger partial charge in [-0.05, 0) is 36.8 Å². The van der Waals surface area contributed by atoms with E-state index in [4.69, 9.17) is 14.2 Å². The fraction of sp³-hybridized carbons (Fsp3) is 0.435. The second-order valence-corrected chi connectivity index (χ2v) is 6.95. The summed E-state index contributed by atoms with van der Waals surface area (Å²) in [5, 5.41) is 3.17. The lowest BCUT2D eigenvalue weighted by molar-refractivity contribution is -0.122. The number of nitrogens with zero attached hydrogens (tertiary/aromatic N) is 1. The highest BCUT2D eigenvalue weighted by molar-refractivity contribution is 5.76. The van der Waals surface area contributed by atoms with Crippen molar-refractivity contribution in [2.24, 2.45) is 0 Å². The van der Waals surface area contributed by atoms with Crippen molar-refractivity contribution < 1.29 is 19.0 Å². The fourth-order valence-electron chi connectivity index (χ4n) is 3.29. The highest BCUT2D eigenvalue weighted by Crippen LogP contribution is 2.18. The molecule has 29 heavy (non-hydrogen) atoms. The van der Waals surface area contributed by atoms with Gasteiger partial charge < -0.3 is 19.5 Å². The van der Waals surface area contributed by atoms with Crippen LogP contribution in [0.25, 0.3) is 0 Å². The third-order valence-electron chi connectivity index (χ3n) is 4.81. The molecule has 1 saturated heterocycles. The number of carbonyl (C=O) groups excluding carboxylic acids is 1. The SMILES string of the molecule is CCOc1ccc(OCCC(=O)N[C@@H](CN2CCOCC2)c2ccccc2)cc1. The van der Waals surface area contributed by atoms with E-state index in [2.05, 4.69) is 22.3 Å². The van der Waals surface area contributed by atoms with Crippen LogP contribution in [-0.2, 0) is 9.53 Å². The normalized spacial score (nSPS) is 15.5. The van der Waals surface area contributed by atoms with Crippen LogP contribution in [-0.4, -0.2) is 56.9 Å². The Labute approximate surface area is 172 Å². The first-order chi connectivity index (χ1) is 14.2. The summed E-state index contributed by atoms with van der Waals surface area (Å²) in [5.74, 6) is 1.53. The molecule has 1 fully saturated rings. The highest BCUT2D eigenvalue weighted by atomic mass is 16.5. The molecule has 2 aromatic rings. The molecule has 0 bridgehead atoms. The van der Waals surface area contributed by atoms with E-state index in [-0.39, 0.29) is 11.9 Å². The molecule has 1 amide bonds. The Morgan fingerprint density at radius 3 is 2.34 bits per heavy atom. The summed E-state index contributed by atoms with van der Waals surface area (Å²) in [6.07, 6.45) is 0.305. The summed E-state index contributed by atoms with van der Waals surface area (Å²) in [6, 6.07) is 17.5. The number of hydrogen-bond acceptors (Lipinski definition) is 5. The summed E-state index contributed by atoms with van der Waals surface area (Å²) in [7, 11) is 0. The Morgan fingerprint density at radius 1 is 1.03 bits per heavy atom. The lowest BCUT2D eigenvalue weighted by atomic mass is 10.1. The highest BCUT2D eigenvalue weighted by Gasteiger charge is 2.20. The van der Waals surface area contributed by atoms with Crippen molar-refractivity contribution in [3.8, 4) is 11.5 Å². The van der Waals surface area contributed by atoms with Crippen LogP contribution in [0.3, 0.4) is 0 Å². The van der Waals surface area contributed by atoms with Gasteiger partial charge in [-0.1, -0.05) is 30.3 Å². The van der Waals surface area contributed by atoms with E-state index in [0.717, 1.165) is 49.9 Å². The molecule has 6 heteroatoms. The average Bonchev–Trinajstić information content (AvgIpc) is 2.76. The maximum Gasteiger partial charge on any atom is 0.223 e. The first kappa shape index (κ1) is 21.1. The average molecular weight is 399 g/mol. The number of nitrogens with one attached hydrogen (secondary N) is 1. The summed E-state index contributed by atoms with van der Waals surface area (Å²) >= 11 is 0. The maximum atomic E-state index is 12.5. The molecule has 0 aliphatic carbocycles. The molecule has 1 heterocycles. The largest absolute Gasteiger partial charge is 0.494 e. The number of amides is 1. The molecule has 1 aliphatic rings. The molecule has 0 radical (unpaired) electrons. The molecule has 0 aromatic heterocycles. The molecule has 156 valence electrons. The van der Waals surface area contributed by atoms with Crippen LogP contribution in [0.15, 0.2) is 54.6 Å². The van der Waals surface area contributed by atoms with Crippen molar-refractivity contribution in [2.75, 3.05) is 46.1 Å². The van der Waals surface area contributed by atoms with E-state index < -0.39 is 0 Å². The minimum atomic E-state index is -0.0488. The van der Waals surface area contributed by atoms with Crippen molar-refractivity contribution in [3.63, 3.8) is 0 Å². The minimum Gasteiger partial charge on any atom is -0.494 e. The number of carbonyl (C=O) groups is 1. The second kappa shape index (κ2) is 11.4. The topological polar surface area (TPSA) is 60.0 Å². The lowest BCUT2D eigenvalue weighted by Gasteiger charge is -2.31. The molecule has 0 saturated carbocycles. The summed E-state index contributed by atoms with van der Waals surface area (Å²) in [6.45, 7) is 6.95. The number of morpholine rings is 1. The van der Waals surface area contributed by atoms with Crippen molar-refractivity contribution in [1.82, 2.24) is 10.2 Å². The van der Waals surface area contributed by atoms with Crippen LogP contribution in [0.5, 0.6) is 11.5 Å². The van der Waals surface area contributed by atoms with E-state index in [1.165, 1.54) is 0 Å². The first-order valence-electron chi connectivity index (χ1n) is 10.2. The van der Waals surface area contributed by atoms with E-state index >= 15 is 0 Å². The van der Waals surface area contributed by atoms with Gasteiger partial charge >= 0.3 is 0 Å². The Kier molecular flexibility index (Phi) is 8.34. The Morgan fingerprint density at radius 2 is 1.69 bits per heavy atom. The van der Waals surface area contributed by atoms with Gasteiger partial charge in [0, 0.05) is 19.6 Å². The summed E-state index contributed by atoms with van der Waals surface area (Å²) in [5.41, 5.74) is 1.11. The van der Waals surface area contributed by atoms with Crippen molar-refractivity contribution >= 4 is 5.91 Å². The second-order valence-electron chi connectivity index (χ2n) is 6.95. The molecule has 2 aromatic carbocycles. The zero-order chi connectivity index (χ0) is 20.3. The standard InChI is InChI=1S/C23H30N2O4/c1-2-28-20-8-10-21(11-9-20)29-15-12-23(26)24-22(19-6-4-3-5-7-19)18-25-13-16-27-17-14-25/h3-11,22H,2,12-18H2,1H3,(H,24,26)/t22-/m0/s1. The Hall–Kier alpha value is -2.57. The number of ether oxygens (including phenoxy) is 3.